The number of carbonyl (C=O) groups excluding carboxylic acids is 3. The summed E-state index contributed by atoms with van der Waals surface area (Å²) >= 11 is 0. The van der Waals surface area contributed by atoms with Crippen LogP contribution in [-0.4, -0.2) is 43.5 Å². The van der Waals surface area contributed by atoms with E-state index in [0.717, 1.165) is 36.5 Å². The topological polar surface area (TPSA) is 87.7 Å². The highest BCUT2D eigenvalue weighted by Gasteiger charge is 2.47. The zero-order valence-electron chi connectivity index (χ0n) is 19.1. The van der Waals surface area contributed by atoms with Crippen molar-refractivity contribution in [3.63, 3.8) is 0 Å². The molecule has 7 nitrogen and oxygen atoms in total. The Hall–Kier alpha value is -3.56. The quantitative estimate of drug-likeness (QED) is 0.586. The number of amides is 3. The first-order valence-corrected chi connectivity index (χ1v) is 11.3. The van der Waals surface area contributed by atoms with Crippen LogP contribution in [0.3, 0.4) is 0 Å². The second-order valence-corrected chi connectivity index (χ2v) is 8.86. The first-order valence-electron chi connectivity index (χ1n) is 11.3. The number of ether oxygens (including phenoxy) is 1. The highest BCUT2D eigenvalue weighted by molar-refractivity contribution is 6.03. The Morgan fingerprint density at radius 1 is 1.11 bits per heavy atom. The smallest absolute Gasteiger partial charge is 0.407 e. The number of halogens is 3. The number of benzene rings is 2. The fourth-order valence-corrected chi connectivity index (χ4v) is 4.34. The molecule has 2 aliphatic rings. The zero-order chi connectivity index (χ0) is 25.2. The molecule has 2 fully saturated rings. The molecule has 0 aromatic heterocycles. The SMILES string of the molecule is COC(=O)NCC(=O)N(c1cccc(F)c1)C(C(=O)NC1CC(F)(F)C1)c1ccccc1C1CC1. The first kappa shape index (κ1) is 24.6. The van der Waals surface area contributed by atoms with Crippen molar-refractivity contribution >= 4 is 23.6 Å². The molecule has 2 N–H and O–H groups in total. The van der Waals surface area contributed by atoms with E-state index in [1.807, 2.05) is 12.1 Å². The normalized spacial score (nSPS) is 17.6. The summed E-state index contributed by atoms with van der Waals surface area (Å²) in [4.78, 5) is 39.7. The maximum atomic E-state index is 14.2. The summed E-state index contributed by atoms with van der Waals surface area (Å²) < 4.78 is 45.6. The van der Waals surface area contributed by atoms with E-state index in [0.29, 0.717) is 5.56 Å². The lowest BCUT2D eigenvalue weighted by molar-refractivity contribution is -0.132. The van der Waals surface area contributed by atoms with Gasteiger partial charge in [-0.15, -0.1) is 0 Å². The lowest BCUT2D eigenvalue weighted by Crippen LogP contribution is -2.55. The zero-order valence-corrected chi connectivity index (χ0v) is 19.1. The number of hydrogen-bond acceptors (Lipinski definition) is 4. The van der Waals surface area contributed by atoms with E-state index in [-0.39, 0.29) is 11.6 Å². The highest BCUT2D eigenvalue weighted by Crippen LogP contribution is 2.45. The van der Waals surface area contributed by atoms with E-state index in [1.165, 1.54) is 18.2 Å². The van der Waals surface area contributed by atoms with Crippen molar-refractivity contribution in [1.82, 2.24) is 10.6 Å². The standard InChI is InChI=1S/C25H26F3N3O4/c1-35-24(34)29-14-21(32)31(18-6-4-5-16(26)11-18)22(23(33)30-17-12-25(27,28)13-17)20-8-3-2-7-19(20)15-9-10-15/h2-8,11,15,17,22H,9-10,12-14H2,1H3,(H,29,34)(H,30,33). The van der Waals surface area contributed by atoms with E-state index in [1.54, 1.807) is 12.1 Å². The third-order valence-electron chi connectivity index (χ3n) is 6.18. The molecule has 35 heavy (non-hydrogen) atoms. The Morgan fingerprint density at radius 3 is 2.46 bits per heavy atom. The van der Waals surface area contributed by atoms with E-state index < -0.39 is 61.1 Å². The number of methoxy groups -OCH3 is 1. The summed E-state index contributed by atoms with van der Waals surface area (Å²) in [6.45, 7) is -0.528. The molecule has 3 amide bonds. The highest BCUT2D eigenvalue weighted by atomic mass is 19.3. The number of nitrogens with one attached hydrogen (secondary N) is 2. The second kappa shape index (κ2) is 9.97. The molecule has 0 spiro atoms. The van der Waals surface area contributed by atoms with Crippen LogP contribution in [0.1, 0.15) is 48.8 Å². The van der Waals surface area contributed by atoms with E-state index in [2.05, 4.69) is 15.4 Å². The van der Waals surface area contributed by atoms with Gasteiger partial charge >= 0.3 is 6.09 Å². The number of alkyl carbamates (subject to hydrolysis) is 1. The molecule has 4 rings (SSSR count). The summed E-state index contributed by atoms with van der Waals surface area (Å²) in [5, 5.41) is 4.92. The van der Waals surface area contributed by atoms with Crippen LogP contribution in [0, 0.1) is 5.82 Å². The van der Waals surface area contributed by atoms with Crippen LogP contribution in [0.5, 0.6) is 0 Å². The average Bonchev–Trinajstić information content (AvgIpc) is 3.65. The Labute approximate surface area is 200 Å². The van der Waals surface area contributed by atoms with Crippen LogP contribution in [0.15, 0.2) is 48.5 Å². The van der Waals surface area contributed by atoms with Gasteiger partial charge in [0, 0.05) is 24.6 Å². The van der Waals surface area contributed by atoms with Crippen LogP contribution in [0.25, 0.3) is 0 Å². The summed E-state index contributed by atoms with van der Waals surface area (Å²) in [6, 6.07) is 10.3. The Bertz CT molecular complexity index is 1110. The van der Waals surface area contributed by atoms with Gasteiger partial charge in [0.15, 0.2) is 0 Å². The number of nitrogens with zero attached hydrogens (tertiary/aromatic N) is 1. The largest absolute Gasteiger partial charge is 0.453 e. The summed E-state index contributed by atoms with van der Waals surface area (Å²) in [7, 11) is 1.14. The molecule has 2 aromatic carbocycles. The third-order valence-corrected chi connectivity index (χ3v) is 6.18. The minimum absolute atomic E-state index is 0.0892. The van der Waals surface area contributed by atoms with Crippen LogP contribution >= 0.6 is 0 Å². The van der Waals surface area contributed by atoms with Gasteiger partial charge in [0.2, 0.25) is 11.8 Å². The van der Waals surface area contributed by atoms with Crippen LogP contribution < -0.4 is 15.5 Å². The first-order chi connectivity index (χ1) is 16.7. The van der Waals surface area contributed by atoms with E-state index >= 15 is 0 Å². The molecular formula is C25H26F3N3O4. The molecule has 186 valence electrons. The molecule has 0 aliphatic heterocycles. The number of anilines is 1. The fraction of sp³-hybridized carbons (Fsp3) is 0.400. The summed E-state index contributed by atoms with van der Waals surface area (Å²) in [5.41, 5.74) is 1.47. The molecule has 10 heteroatoms. The van der Waals surface area contributed by atoms with Gasteiger partial charge in [0.05, 0.1) is 7.11 Å². The average molecular weight is 489 g/mol. The molecule has 2 aliphatic carbocycles. The molecule has 0 heterocycles. The lowest BCUT2D eigenvalue weighted by atomic mass is 9.87. The molecule has 0 radical (unpaired) electrons. The number of hydrogen-bond donors (Lipinski definition) is 2. The molecule has 2 aromatic rings. The molecular weight excluding hydrogens is 463 g/mol. The van der Waals surface area contributed by atoms with Crippen molar-refractivity contribution in [1.29, 1.82) is 0 Å². The van der Waals surface area contributed by atoms with Crippen molar-refractivity contribution in [2.24, 2.45) is 0 Å². The lowest BCUT2D eigenvalue weighted by Gasteiger charge is -2.38. The van der Waals surface area contributed by atoms with Crippen molar-refractivity contribution in [3.8, 4) is 0 Å². The number of rotatable bonds is 8. The fourth-order valence-electron chi connectivity index (χ4n) is 4.34. The van der Waals surface area contributed by atoms with Crippen LogP contribution in [0.4, 0.5) is 23.7 Å². The molecule has 0 saturated heterocycles. The minimum atomic E-state index is -2.85. The molecule has 1 unspecified atom stereocenters. The monoisotopic (exact) mass is 489 g/mol. The minimum Gasteiger partial charge on any atom is -0.453 e. The predicted molar refractivity (Wildman–Crippen MR) is 122 cm³/mol. The van der Waals surface area contributed by atoms with Gasteiger partial charge in [-0.1, -0.05) is 30.3 Å². The van der Waals surface area contributed by atoms with Crippen molar-refractivity contribution in [3.05, 3.63) is 65.5 Å². The van der Waals surface area contributed by atoms with Gasteiger partial charge < -0.3 is 15.4 Å². The maximum absolute atomic E-state index is 14.2. The van der Waals surface area contributed by atoms with Crippen LogP contribution in [-0.2, 0) is 14.3 Å². The van der Waals surface area contributed by atoms with Crippen molar-refractivity contribution < 1.29 is 32.3 Å². The third kappa shape index (κ3) is 5.75. The van der Waals surface area contributed by atoms with Crippen LogP contribution in [0.2, 0.25) is 0 Å². The summed E-state index contributed by atoms with van der Waals surface area (Å²) in [6.07, 6.45) is -0.00879. The Morgan fingerprint density at radius 2 is 1.83 bits per heavy atom. The van der Waals surface area contributed by atoms with Gasteiger partial charge in [0.1, 0.15) is 18.4 Å². The van der Waals surface area contributed by atoms with E-state index in [9.17, 15) is 27.6 Å². The van der Waals surface area contributed by atoms with Gasteiger partial charge in [-0.2, -0.15) is 0 Å². The van der Waals surface area contributed by atoms with Gasteiger partial charge in [-0.3, -0.25) is 14.5 Å². The number of carbonyl (C=O) groups is 3. The van der Waals surface area contributed by atoms with Crippen molar-refractivity contribution in [2.45, 2.75) is 49.6 Å². The van der Waals surface area contributed by atoms with Gasteiger partial charge in [-0.25, -0.2) is 18.0 Å². The molecule has 1 atom stereocenters. The molecule has 0 bridgehead atoms. The Kier molecular flexibility index (Phi) is 7.00. The van der Waals surface area contributed by atoms with Gasteiger partial charge in [-0.05, 0) is 48.1 Å². The number of alkyl halides is 2. The molecule has 2 saturated carbocycles. The van der Waals surface area contributed by atoms with Crippen molar-refractivity contribution in [2.75, 3.05) is 18.6 Å². The van der Waals surface area contributed by atoms with Gasteiger partial charge in [0.25, 0.3) is 5.92 Å². The second-order valence-electron chi connectivity index (χ2n) is 8.86. The summed E-state index contributed by atoms with van der Waals surface area (Å²) in [5.74, 6) is -4.64. The maximum Gasteiger partial charge on any atom is 0.407 e. The Balaban J connectivity index is 1.75. The van der Waals surface area contributed by atoms with E-state index in [4.69, 9.17) is 0 Å². The predicted octanol–water partition coefficient (Wildman–Crippen LogP) is 4.05.